The minimum atomic E-state index is -1.16. The molecule has 1 heterocycles. The van der Waals surface area contributed by atoms with Crippen LogP contribution in [-0.2, 0) is 11.3 Å². The molecule has 2 aromatic carbocycles. The summed E-state index contributed by atoms with van der Waals surface area (Å²) in [6.45, 7) is 14.5. The van der Waals surface area contributed by atoms with Gasteiger partial charge < -0.3 is 14.8 Å². The summed E-state index contributed by atoms with van der Waals surface area (Å²) in [5.74, 6) is 0.0594. The molecule has 0 aliphatic carbocycles. The normalized spacial score (nSPS) is 12.1. The Labute approximate surface area is 218 Å². The van der Waals surface area contributed by atoms with Crippen molar-refractivity contribution in [3.63, 3.8) is 0 Å². The zero-order valence-electron chi connectivity index (χ0n) is 22.0. The van der Waals surface area contributed by atoms with Crippen LogP contribution in [0.15, 0.2) is 47.5 Å². The first-order valence-corrected chi connectivity index (χ1v) is 16.2. The Balaban J connectivity index is 1.72. The highest BCUT2D eigenvalue weighted by Crippen LogP contribution is 2.27. The fraction of sp³-hybridized carbons (Fsp3) is 0.444. The second-order valence-electron chi connectivity index (χ2n) is 11.3. The van der Waals surface area contributed by atoms with Crippen LogP contribution in [0.5, 0.6) is 5.75 Å². The molecule has 0 unspecified atom stereocenters. The Morgan fingerprint density at radius 2 is 1.92 bits per heavy atom. The number of hydrogen-bond acceptors (Lipinski definition) is 5. The third kappa shape index (κ3) is 7.91. The van der Waals surface area contributed by atoms with Crippen molar-refractivity contribution in [2.24, 2.45) is 5.41 Å². The van der Waals surface area contributed by atoms with Crippen LogP contribution in [-0.4, -0.2) is 36.9 Å². The minimum Gasteiger partial charge on any atom is -0.466 e. The van der Waals surface area contributed by atoms with Crippen LogP contribution in [0.2, 0.25) is 30.7 Å². The van der Waals surface area contributed by atoms with Crippen molar-refractivity contribution in [3.05, 3.63) is 63.7 Å². The number of rotatable bonds is 10. The van der Waals surface area contributed by atoms with Gasteiger partial charge in [0.05, 0.1) is 27.9 Å². The Bertz CT molecular complexity index is 1280. The van der Waals surface area contributed by atoms with Gasteiger partial charge in [0.25, 0.3) is 11.5 Å². The van der Waals surface area contributed by atoms with E-state index in [0.717, 1.165) is 12.5 Å². The fourth-order valence-corrected chi connectivity index (χ4v) is 4.41. The van der Waals surface area contributed by atoms with E-state index in [1.165, 1.54) is 0 Å². The third-order valence-electron chi connectivity index (χ3n) is 5.69. The van der Waals surface area contributed by atoms with E-state index >= 15 is 0 Å². The average molecular weight is 530 g/mol. The zero-order chi connectivity index (χ0) is 26.5. The Morgan fingerprint density at radius 1 is 1.17 bits per heavy atom. The molecule has 194 valence electrons. The van der Waals surface area contributed by atoms with E-state index in [1.807, 2.05) is 0 Å². The van der Waals surface area contributed by atoms with E-state index in [-0.39, 0.29) is 23.7 Å². The molecule has 0 spiro atoms. The summed E-state index contributed by atoms with van der Waals surface area (Å²) in [5.41, 5.74) is 1.18. The van der Waals surface area contributed by atoms with Gasteiger partial charge in [-0.2, -0.15) is 0 Å². The standard InChI is InChI=1S/C27H36ClN3O4Si/c1-27(2,3)12-13-31-17-29-21-8-7-9-22(24(21)26(31)33)30-25(32)19-10-11-23(20(28)16-19)35-18-34-14-15-36(4,5)6/h7-11,16-17H,12-15,18H2,1-6H3,(H,30,32). The van der Waals surface area contributed by atoms with Crippen molar-refractivity contribution < 1.29 is 14.3 Å². The van der Waals surface area contributed by atoms with Gasteiger partial charge >= 0.3 is 0 Å². The van der Waals surface area contributed by atoms with Gasteiger partial charge in [-0.1, -0.05) is 58.1 Å². The molecule has 1 amide bonds. The summed E-state index contributed by atoms with van der Waals surface area (Å²) < 4.78 is 12.8. The van der Waals surface area contributed by atoms with Gasteiger partial charge in [-0.3, -0.25) is 14.2 Å². The summed E-state index contributed by atoms with van der Waals surface area (Å²) in [7, 11) is -1.16. The summed E-state index contributed by atoms with van der Waals surface area (Å²) in [5, 5.41) is 3.53. The number of carbonyl (C=O) groups excluding carboxylic acids is 1. The van der Waals surface area contributed by atoms with E-state index in [2.05, 4.69) is 50.7 Å². The zero-order valence-corrected chi connectivity index (χ0v) is 23.7. The number of halogens is 1. The van der Waals surface area contributed by atoms with Crippen molar-refractivity contribution in [2.45, 2.75) is 59.4 Å². The first-order chi connectivity index (χ1) is 16.8. The van der Waals surface area contributed by atoms with Crippen LogP contribution in [0.4, 0.5) is 5.69 Å². The van der Waals surface area contributed by atoms with Crippen molar-refractivity contribution in [1.82, 2.24) is 9.55 Å². The van der Waals surface area contributed by atoms with Gasteiger partial charge in [-0.15, -0.1) is 0 Å². The van der Waals surface area contributed by atoms with Crippen LogP contribution in [0.25, 0.3) is 10.9 Å². The SMILES string of the molecule is CC(C)(C)CCn1cnc2cccc(NC(=O)c3ccc(OCOCC[Si](C)(C)C)c(Cl)c3)c2c1=O. The molecule has 36 heavy (non-hydrogen) atoms. The largest absolute Gasteiger partial charge is 0.466 e. The first kappa shape index (κ1) is 27.9. The van der Waals surface area contributed by atoms with Crippen molar-refractivity contribution >= 4 is 42.2 Å². The second-order valence-corrected chi connectivity index (χ2v) is 17.4. The lowest BCUT2D eigenvalue weighted by Gasteiger charge is -2.18. The average Bonchev–Trinajstić information content (AvgIpc) is 2.78. The van der Waals surface area contributed by atoms with E-state index in [1.54, 1.807) is 47.3 Å². The van der Waals surface area contributed by atoms with Crippen LogP contribution in [0, 0.1) is 5.41 Å². The summed E-state index contributed by atoms with van der Waals surface area (Å²) in [6.07, 6.45) is 2.39. The quantitative estimate of drug-likeness (QED) is 0.186. The lowest BCUT2D eigenvalue weighted by atomic mass is 9.92. The molecule has 0 saturated heterocycles. The first-order valence-electron chi connectivity index (χ1n) is 12.1. The summed E-state index contributed by atoms with van der Waals surface area (Å²) in [6, 6.07) is 11.1. The number of aryl methyl sites for hydroxylation is 1. The molecule has 3 aromatic rings. The Morgan fingerprint density at radius 3 is 2.58 bits per heavy atom. The van der Waals surface area contributed by atoms with Crippen LogP contribution in [0.1, 0.15) is 37.6 Å². The lowest BCUT2D eigenvalue weighted by Crippen LogP contribution is -2.24. The smallest absolute Gasteiger partial charge is 0.263 e. The van der Waals surface area contributed by atoms with Gasteiger partial charge in [0.2, 0.25) is 0 Å². The number of nitrogens with zero attached hydrogens (tertiary/aromatic N) is 2. The molecule has 0 aliphatic heterocycles. The molecule has 9 heteroatoms. The van der Waals surface area contributed by atoms with E-state index in [9.17, 15) is 9.59 Å². The number of carbonyl (C=O) groups is 1. The maximum absolute atomic E-state index is 13.2. The molecule has 1 aromatic heterocycles. The number of aromatic nitrogens is 2. The molecular formula is C27H36ClN3O4Si. The predicted octanol–water partition coefficient (Wildman–Crippen LogP) is 6.43. The Kier molecular flexibility index (Phi) is 8.97. The van der Waals surface area contributed by atoms with Gasteiger partial charge in [0.1, 0.15) is 5.75 Å². The van der Waals surface area contributed by atoms with Gasteiger partial charge in [-0.25, -0.2) is 4.98 Å². The van der Waals surface area contributed by atoms with E-state index in [4.69, 9.17) is 21.1 Å². The van der Waals surface area contributed by atoms with Crippen LogP contribution >= 0.6 is 11.6 Å². The molecule has 0 fully saturated rings. The molecule has 0 aliphatic rings. The van der Waals surface area contributed by atoms with Gasteiger partial charge in [0.15, 0.2) is 6.79 Å². The predicted molar refractivity (Wildman–Crippen MR) is 149 cm³/mol. The third-order valence-corrected chi connectivity index (χ3v) is 7.69. The molecular weight excluding hydrogens is 494 g/mol. The number of fused-ring (bicyclic) bond motifs is 1. The maximum atomic E-state index is 13.2. The number of hydrogen-bond donors (Lipinski definition) is 1. The summed E-state index contributed by atoms with van der Waals surface area (Å²) in [4.78, 5) is 30.6. The molecule has 0 saturated carbocycles. The van der Waals surface area contributed by atoms with E-state index < -0.39 is 8.07 Å². The van der Waals surface area contributed by atoms with Crippen LogP contribution in [0.3, 0.4) is 0 Å². The fourth-order valence-electron chi connectivity index (χ4n) is 3.42. The number of amides is 1. The molecule has 7 nitrogen and oxygen atoms in total. The highest BCUT2D eigenvalue weighted by atomic mass is 35.5. The molecule has 0 atom stereocenters. The van der Waals surface area contributed by atoms with Crippen molar-refractivity contribution in [2.75, 3.05) is 18.7 Å². The van der Waals surface area contributed by atoms with Gasteiger partial charge in [-0.05, 0) is 48.2 Å². The second kappa shape index (κ2) is 11.6. The Hall–Kier alpha value is -2.68. The molecule has 3 rings (SSSR count). The number of benzene rings is 2. The van der Waals surface area contributed by atoms with Crippen molar-refractivity contribution in [3.8, 4) is 5.75 Å². The van der Waals surface area contributed by atoms with E-state index in [0.29, 0.717) is 46.1 Å². The molecule has 0 bridgehead atoms. The lowest BCUT2D eigenvalue weighted by molar-refractivity contribution is 0.0221. The minimum absolute atomic E-state index is 0.0807. The number of anilines is 1. The molecule has 1 N–H and O–H groups in total. The van der Waals surface area contributed by atoms with Crippen molar-refractivity contribution in [1.29, 1.82) is 0 Å². The molecule has 0 radical (unpaired) electrons. The monoisotopic (exact) mass is 529 g/mol. The summed E-state index contributed by atoms with van der Waals surface area (Å²) >= 11 is 6.36. The highest BCUT2D eigenvalue weighted by Gasteiger charge is 2.16. The number of ether oxygens (including phenoxy) is 2. The van der Waals surface area contributed by atoms with Crippen LogP contribution < -0.4 is 15.6 Å². The topological polar surface area (TPSA) is 82.5 Å². The van der Waals surface area contributed by atoms with Gasteiger partial charge in [0, 0.05) is 26.8 Å². The number of nitrogens with one attached hydrogen (secondary N) is 1. The highest BCUT2D eigenvalue weighted by molar-refractivity contribution is 6.76. The maximum Gasteiger partial charge on any atom is 0.263 e.